The minimum absolute atomic E-state index is 0.0199. The van der Waals surface area contributed by atoms with Crippen LogP contribution in [-0.2, 0) is 4.74 Å². The van der Waals surface area contributed by atoms with E-state index in [9.17, 15) is 9.59 Å². The molecule has 154 valence electrons. The molecule has 0 saturated carbocycles. The molecule has 0 aromatic heterocycles. The highest BCUT2D eigenvalue weighted by Gasteiger charge is 2.36. The minimum Gasteiger partial charge on any atom is -0.382 e. The summed E-state index contributed by atoms with van der Waals surface area (Å²) in [5.74, 6) is -0.0709. The van der Waals surface area contributed by atoms with Crippen molar-refractivity contribution in [2.45, 2.75) is 32.9 Å². The second kappa shape index (κ2) is 10.1. The van der Waals surface area contributed by atoms with Gasteiger partial charge in [-0.25, -0.2) is 0 Å². The number of nitrogens with zero attached hydrogens (tertiary/aromatic N) is 1. The Hall–Kier alpha value is -2.86. The Morgan fingerprint density at radius 1 is 1.14 bits per heavy atom. The standard InChI is InChI=1S/C23H29N3O3/c1-3-13-24-22(27)17-9-7-10-18(16-17)25-21-19-11-5-6-12-20(19)23(28)26(21)14-8-15-29-4-2/h5-7,9-12,16,21,25H,3-4,8,13-15H2,1-2H3,(H,24,27)/t21-/m0/s1. The van der Waals surface area contributed by atoms with E-state index in [1.54, 1.807) is 6.07 Å². The van der Waals surface area contributed by atoms with Crippen molar-refractivity contribution in [3.63, 3.8) is 0 Å². The molecule has 2 N–H and O–H groups in total. The van der Waals surface area contributed by atoms with Gasteiger partial charge in [-0.3, -0.25) is 9.59 Å². The largest absolute Gasteiger partial charge is 0.382 e. The number of hydrogen-bond acceptors (Lipinski definition) is 4. The Morgan fingerprint density at radius 2 is 1.97 bits per heavy atom. The summed E-state index contributed by atoms with van der Waals surface area (Å²) in [5.41, 5.74) is 3.08. The van der Waals surface area contributed by atoms with Gasteiger partial charge < -0.3 is 20.3 Å². The Labute approximate surface area is 172 Å². The molecule has 1 aliphatic heterocycles. The second-order valence-corrected chi connectivity index (χ2v) is 7.02. The quantitative estimate of drug-likeness (QED) is 0.600. The predicted molar refractivity (Wildman–Crippen MR) is 114 cm³/mol. The van der Waals surface area contributed by atoms with E-state index in [-0.39, 0.29) is 18.0 Å². The lowest BCUT2D eigenvalue weighted by molar-refractivity contribution is 0.0708. The van der Waals surface area contributed by atoms with Gasteiger partial charge in [-0.1, -0.05) is 31.2 Å². The van der Waals surface area contributed by atoms with Gasteiger partial charge in [0.15, 0.2) is 0 Å². The third-order valence-electron chi connectivity index (χ3n) is 4.91. The fourth-order valence-electron chi connectivity index (χ4n) is 3.49. The first-order valence-corrected chi connectivity index (χ1v) is 10.3. The molecule has 2 amide bonds. The van der Waals surface area contributed by atoms with Crippen LogP contribution in [0, 0.1) is 0 Å². The molecular formula is C23H29N3O3. The lowest BCUT2D eigenvalue weighted by Crippen LogP contribution is -2.33. The first kappa shape index (κ1) is 20.9. The normalized spacial score (nSPS) is 15.3. The molecule has 2 aromatic carbocycles. The fraction of sp³-hybridized carbons (Fsp3) is 0.391. The molecule has 1 atom stereocenters. The lowest BCUT2D eigenvalue weighted by Gasteiger charge is -2.27. The Bertz CT molecular complexity index is 853. The second-order valence-electron chi connectivity index (χ2n) is 7.02. The number of hydrogen-bond donors (Lipinski definition) is 2. The van der Waals surface area contributed by atoms with E-state index < -0.39 is 0 Å². The first-order chi connectivity index (χ1) is 14.2. The summed E-state index contributed by atoms with van der Waals surface area (Å²) < 4.78 is 5.43. The average Bonchev–Trinajstić information content (AvgIpc) is 3.01. The summed E-state index contributed by atoms with van der Waals surface area (Å²) in [5, 5.41) is 6.35. The molecule has 1 aliphatic rings. The SMILES string of the molecule is CCCNC(=O)c1cccc(N[C@@H]2c3ccccc3C(=O)N2CCCOCC)c1. The molecule has 0 spiro atoms. The number of benzene rings is 2. The van der Waals surface area contributed by atoms with Crippen LogP contribution in [-0.4, -0.2) is 43.0 Å². The molecule has 3 rings (SSSR count). The number of ether oxygens (including phenoxy) is 1. The molecule has 29 heavy (non-hydrogen) atoms. The van der Waals surface area contributed by atoms with Crippen LogP contribution in [0.25, 0.3) is 0 Å². The molecular weight excluding hydrogens is 366 g/mol. The van der Waals surface area contributed by atoms with Gasteiger partial charge in [0, 0.05) is 48.7 Å². The maximum absolute atomic E-state index is 12.9. The van der Waals surface area contributed by atoms with Gasteiger partial charge in [0.25, 0.3) is 11.8 Å². The van der Waals surface area contributed by atoms with Gasteiger partial charge in [-0.05, 0) is 44.0 Å². The predicted octanol–water partition coefficient (Wildman–Crippen LogP) is 3.82. The Kier molecular flexibility index (Phi) is 7.25. The van der Waals surface area contributed by atoms with Crippen molar-refractivity contribution in [1.29, 1.82) is 0 Å². The van der Waals surface area contributed by atoms with Crippen LogP contribution in [0.5, 0.6) is 0 Å². The van der Waals surface area contributed by atoms with Crippen molar-refractivity contribution >= 4 is 17.5 Å². The number of nitrogens with one attached hydrogen (secondary N) is 2. The number of amides is 2. The van der Waals surface area contributed by atoms with Crippen LogP contribution in [0.15, 0.2) is 48.5 Å². The fourth-order valence-corrected chi connectivity index (χ4v) is 3.49. The maximum atomic E-state index is 12.9. The smallest absolute Gasteiger partial charge is 0.256 e. The maximum Gasteiger partial charge on any atom is 0.256 e. The first-order valence-electron chi connectivity index (χ1n) is 10.3. The molecule has 0 unspecified atom stereocenters. The van der Waals surface area contributed by atoms with Crippen LogP contribution in [0.2, 0.25) is 0 Å². The summed E-state index contributed by atoms with van der Waals surface area (Å²) in [6, 6.07) is 15.1. The molecule has 0 bridgehead atoms. The summed E-state index contributed by atoms with van der Waals surface area (Å²) >= 11 is 0. The molecule has 6 nitrogen and oxygen atoms in total. The van der Waals surface area contributed by atoms with E-state index in [0.717, 1.165) is 29.7 Å². The van der Waals surface area contributed by atoms with Crippen molar-refractivity contribution in [3.05, 3.63) is 65.2 Å². The summed E-state index contributed by atoms with van der Waals surface area (Å²) in [6.07, 6.45) is 1.39. The highest BCUT2D eigenvalue weighted by molar-refractivity contribution is 5.99. The van der Waals surface area contributed by atoms with Crippen LogP contribution in [0.3, 0.4) is 0 Å². The third kappa shape index (κ3) is 4.95. The van der Waals surface area contributed by atoms with Crippen molar-refractivity contribution < 1.29 is 14.3 Å². The number of carbonyl (C=O) groups is 2. The van der Waals surface area contributed by atoms with Crippen molar-refractivity contribution in [1.82, 2.24) is 10.2 Å². The average molecular weight is 396 g/mol. The molecule has 0 aliphatic carbocycles. The van der Waals surface area contributed by atoms with Gasteiger partial charge >= 0.3 is 0 Å². The van der Waals surface area contributed by atoms with Gasteiger partial charge in [0.05, 0.1) is 0 Å². The Balaban J connectivity index is 1.79. The van der Waals surface area contributed by atoms with Crippen LogP contribution < -0.4 is 10.6 Å². The number of anilines is 1. The molecule has 0 fully saturated rings. The van der Waals surface area contributed by atoms with Gasteiger partial charge in [0.1, 0.15) is 6.17 Å². The van der Waals surface area contributed by atoms with E-state index in [2.05, 4.69) is 10.6 Å². The third-order valence-corrected chi connectivity index (χ3v) is 4.91. The van der Waals surface area contributed by atoms with E-state index in [0.29, 0.717) is 31.9 Å². The number of rotatable bonds is 10. The summed E-state index contributed by atoms with van der Waals surface area (Å²) in [4.78, 5) is 27.1. The van der Waals surface area contributed by atoms with Crippen LogP contribution in [0.1, 0.15) is 59.1 Å². The molecule has 0 saturated heterocycles. The van der Waals surface area contributed by atoms with E-state index in [1.165, 1.54) is 0 Å². The van der Waals surface area contributed by atoms with Crippen LogP contribution >= 0.6 is 0 Å². The van der Waals surface area contributed by atoms with Gasteiger partial charge in [-0.2, -0.15) is 0 Å². The van der Waals surface area contributed by atoms with E-state index in [4.69, 9.17) is 4.74 Å². The van der Waals surface area contributed by atoms with Crippen LogP contribution in [0.4, 0.5) is 5.69 Å². The highest BCUT2D eigenvalue weighted by atomic mass is 16.5. The zero-order valence-electron chi connectivity index (χ0n) is 17.1. The molecule has 1 heterocycles. The molecule has 0 radical (unpaired) electrons. The summed E-state index contributed by atoms with van der Waals surface area (Å²) in [7, 11) is 0. The molecule has 6 heteroatoms. The molecule has 2 aromatic rings. The monoisotopic (exact) mass is 395 g/mol. The van der Waals surface area contributed by atoms with Crippen molar-refractivity contribution in [3.8, 4) is 0 Å². The topological polar surface area (TPSA) is 70.7 Å². The van der Waals surface area contributed by atoms with Gasteiger partial charge in [-0.15, -0.1) is 0 Å². The van der Waals surface area contributed by atoms with E-state index in [1.807, 2.05) is 61.2 Å². The van der Waals surface area contributed by atoms with E-state index >= 15 is 0 Å². The lowest BCUT2D eigenvalue weighted by atomic mass is 10.1. The zero-order chi connectivity index (χ0) is 20.6. The van der Waals surface area contributed by atoms with Gasteiger partial charge in [0.2, 0.25) is 0 Å². The number of carbonyl (C=O) groups excluding carboxylic acids is 2. The van der Waals surface area contributed by atoms with Crippen molar-refractivity contribution in [2.24, 2.45) is 0 Å². The zero-order valence-corrected chi connectivity index (χ0v) is 17.1. The highest BCUT2D eigenvalue weighted by Crippen LogP contribution is 2.34. The minimum atomic E-state index is -0.269. The summed E-state index contributed by atoms with van der Waals surface area (Å²) in [6.45, 7) is 6.52. The number of fused-ring (bicyclic) bond motifs is 1. The van der Waals surface area contributed by atoms with Crippen molar-refractivity contribution in [2.75, 3.05) is 31.6 Å². The Morgan fingerprint density at radius 3 is 2.76 bits per heavy atom.